The lowest BCUT2D eigenvalue weighted by Gasteiger charge is -2.55. The number of nitrogens with two attached hydrogens (primary N) is 1. The van der Waals surface area contributed by atoms with Crippen molar-refractivity contribution in [2.75, 3.05) is 13.2 Å². The van der Waals surface area contributed by atoms with Gasteiger partial charge in [0.25, 0.3) is 5.91 Å². The molecule has 168 valence electrons. The number of hydrogen-bond donors (Lipinski definition) is 1. The van der Waals surface area contributed by atoms with Crippen molar-refractivity contribution in [3.63, 3.8) is 0 Å². The molecule has 0 aromatic carbocycles. The van der Waals surface area contributed by atoms with Gasteiger partial charge in [-0.15, -0.1) is 0 Å². The molecule has 4 rings (SSSR count). The SMILES string of the molecule is CC(=O)N1C2CCC(C3CCCC(C(N)=O)C3)CC2N(C(=O)C2CCCO2)C[C@@H]1C. The van der Waals surface area contributed by atoms with Gasteiger partial charge in [0.15, 0.2) is 0 Å². The van der Waals surface area contributed by atoms with Crippen molar-refractivity contribution in [1.29, 1.82) is 0 Å². The summed E-state index contributed by atoms with van der Waals surface area (Å²) in [6.07, 6.45) is 8.27. The smallest absolute Gasteiger partial charge is 0.252 e. The van der Waals surface area contributed by atoms with Crippen LogP contribution in [0.4, 0.5) is 0 Å². The van der Waals surface area contributed by atoms with Gasteiger partial charge in [-0.05, 0) is 63.7 Å². The largest absolute Gasteiger partial charge is 0.369 e. The molecule has 2 aliphatic heterocycles. The summed E-state index contributed by atoms with van der Waals surface area (Å²) >= 11 is 0. The average Bonchev–Trinajstić information content (AvgIpc) is 3.27. The number of ether oxygens (including phenoxy) is 1. The van der Waals surface area contributed by atoms with Gasteiger partial charge < -0.3 is 20.3 Å². The van der Waals surface area contributed by atoms with E-state index in [9.17, 15) is 14.4 Å². The van der Waals surface area contributed by atoms with E-state index in [-0.39, 0.29) is 47.9 Å². The normalized spacial score (nSPS) is 39.5. The maximum Gasteiger partial charge on any atom is 0.252 e. The van der Waals surface area contributed by atoms with Gasteiger partial charge in [-0.25, -0.2) is 0 Å². The second-order valence-corrected chi connectivity index (χ2v) is 10.0. The van der Waals surface area contributed by atoms with Crippen LogP contribution in [-0.4, -0.2) is 64.9 Å². The Kier molecular flexibility index (Phi) is 6.37. The molecule has 3 amide bonds. The van der Waals surface area contributed by atoms with E-state index in [1.807, 2.05) is 9.80 Å². The van der Waals surface area contributed by atoms with Crippen molar-refractivity contribution in [3.05, 3.63) is 0 Å². The molecule has 2 aliphatic carbocycles. The van der Waals surface area contributed by atoms with E-state index in [2.05, 4.69) is 6.92 Å². The summed E-state index contributed by atoms with van der Waals surface area (Å²) in [7, 11) is 0. The Morgan fingerprint density at radius 2 is 1.70 bits per heavy atom. The van der Waals surface area contributed by atoms with Gasteiger partial charge in [0, 0.05) is 32.0 Å². The first kappa shape index (κ1) is 21.6. The zero-order valence-corrected chi connectivity index (χ0v) is 18.4. The summed E-state index contributed by atoms with van der Waals surface area (Å²) in [5.41, 5.74) is 5.61. The summed E-state index contributed by atoms with van der Waals surface area (Å²) in [6, 6.07) is 0.164. The molecule has 0 aromatic rings. The van der Waals surface area contributed by atoms with Gasteiger partial charge in [0.1, 0.15) is 6.10 Å². The number of piperazine rings is 1. The molecule has 2 heterocycles. The van der Waals surface area contributed by atoms with E-state index in [1.165, 1.54) is 0 Å². The summed E-state index contributed by atoms with van der Waals surface area (Å²) < 4.78 is 5.72. The third-order valence-corrected chi connectivity index (χ3v) is 8.15. The molecule has 6 unspecified atom stereocenters. The van der Waals surface area contributed by atoms with E-state index in [0.29, 0.717) is 25.0 Å². The monoisotopic (exact) mass is 419 g/mol. The minimum atomic E-state index is -0.323. The highest BCUT2D eigenvalue weighted by atomic mass is 16.5. The van der Waals surface area contributed by atoms with Crippen LogP contribution in [0.3, 0.4) is 0 Å². The fourth-order valence-corrected chi connectivity index (χ4v) is 6.75. The minimum Gasteiger partial charge on any atom is -0.369 e. The number of primary amides is 1. The quantitative estimate of drug-likeness (QED) is 0.758. The van der Waals surface area contributed by atoms with Crippen molar-refractivity contribution in [1.82, 2.24) is 9.80 Å². The van der Waals surface area contributed by atoms with Crippen molar-refractivity contribution in [2.24, 2.45) is 23.5 Å². The van der Waals surface area contributed by atoms with Gasteiger partial charge in [0.2, 0.25) is 11.8 Å². The predicted molar refractivity (Wildman–Crippen MR) is 112 cm³/mol. The van der Waals surface area contributed by atoms with Crippen LogP contribution in [0.5, 0.6) is 0 Å². The molecular formula is C23H37N3O4. The molecule has 4 aliphatic rings. The molecule has 0 bridgehead atoms. The lowest BCUT2D eigenvalue weighted by molar-refractivity contribution is -0.160. The van der Waals surface area contributed by atoms with Gasteiger partial charge in [-0.1, -0.05) is 12.8 Å². The second-order valence-electron chi connectivity index (χ2n) is 10.0. The molecule has 0 spiro atoms. The first-order valence-corrected chi connectivity index (χ1v) is 11.9. The molecule has 7 atom stereocenters. The highest BCUT2D eigenvalue weighted by Crippen LogP contribution is 2.44. The highest BCUT2D eigenvalue weighted by Gasteiger charge is 2.49. The lowest BCUT2D eigenvalue weighted by Crippen LogP contribution is -2.68. The van der Waals surface area contributed by atoms with Crippen LogP contribution < -0.4 is 5.73 Å². The summed E-state index contributed by atoms with van der Waals surface area (Å²) in [6.45, 7) is 4.95. The fourth-order valence-electron chi connectivity index (χ4n) is 6.75. The maximum absolute atomic E-state index is 13.3. The van der Waals surface area contributed by atoms with Crippen LogP contribution in [0, 0.1) is 17.8 Å². The van der Waals surface area contributed by atoms with E-state index >= 15 is 0 Å². The van der Waals surface area contributed by atoms with Crippen LogP contribution in [0.2, 0.25) is 0 Å². The Bertz CT molecular complexity index is 677. The van der Waals surface area contributed by atoms with Crippen molar-refractivity contribution in [3.8, 4) is 0 Å². The number of fused-ring (bicyclic) bond motifs is 1. The van der Waals surface area contributed by atoms with Crippen LogP contribution in [0.25, 0.3) is 0 Å². The third-order valence-electron chi connectivity index (χ3n) is 8.15. The Morgan fingerprint density at radius 3 is 2.37 bits per heavy atom. The van der Waals surface area contributed by atoms with Gasteiger partial charge in [-0.3, -0.25) is 14.4 Å². The zero-order valence-electron chi connectivity index (χ0n) is 18.4. The number of amides is 3. The number of rotatable bonds is 3. The van der Waals surface area contributed by atoms with Crippen LogP contribution in [-0.2, 0) is 19.1 Å². The first-order chi connectivity index (χ1) is 14.4. The standard InChI is InChI=1S/C23H37N3O4/c1-14-13-25(23(29)21-7-4-10-30-21)20-12-17(8-9-19(20)26(14)15(2)27)16-5-3-6-18(11-16)22(24)28/h14,16-21H,3-13H2,1-2H3,(H2,24,28)/t14-,16?,17?,18?,19?,20?,21?/m0/s1. The first-order valence-electron chi connectivity index (χ1n) is 11.9. The number of hydrogen-bond acceptors (Lipinski definition) is 4. The Balaban J connectivity index is 1.54. The van der Waals surface area contributed by atoms with Crippen molar-refractivity contribution in [2.45, 2.75) is 95.9 Å². The maximum atomic E-state index is 13.3. The fraction of sp³-hybridized carbons (Fsp3) is 0.870. The number of nitrogens with zero attached hydrogens (tertiary/aromatic N) is 2. The van der Waals surface area contributed by atoms with Gasteiger partial charge in [-0.2, -0.15) is 0 Å². The molecule has 30 heavy (non-hydrogen) atoms. The molecule has 2 N–H and O–H groups in total. The molecule has 2 saturated heterocycles. The Labute approximate surface area is 179 Å². The summed E-state index contributed by atoms with van der Waals surface area (Å²) in [5.74, 6) is 1.00. The van der Waals surface area contributed by atoms with E-state index < -0.39 is 0 Å². The topological polar surface area (TPSA) is 92.9 Å². The average molecular weight is 420 g/mol. The second kappa shape index (κ2) is 8.85. The summed E-state index contributed by atoms with van der Waals surface area (Å²) in [5, 5.41) is 0. The molecule has 4 fully saturated rings. The Morgan fingerprint density at radius 1 is 0.933 bits per heavy atom. The van der Waals surface area contributed by atoms with E-state index in [4.69, 9.17) is 10.5 Å². The summed E-state index contributed by atoms with van der Waals surface area (Å²) in [4.78, 5) is 41.6. The molecular weight excluding hydrogens is 382 g/mol. The molecule has 7 nitrogen and oxygen atoms in total. The predicted octanol–water partition coefficient (Wildman–Crippen LogP) is 2.07. The van der Waals surface area contributed by atoms with E-state index in [0.717, 1.165) is 57.8 Å². The van der Waals surface area contributed by atoms with Crippen molar-refractivity contribution < 1.29 is 19.1 Å². The Hall–Kier alpha value is -1.63. The number of carbonyl (C=O) groups is 3. The van der Waals surface area contributed by atoms with Crippen LogP contribution in [0.1, 0.15) is 71.6 Å². The molecule has 0 radical (unpaired) electrons. The molecule has 2 saturated carbocycles. The number of carbonyl (C=O) groups excluding carboxylic acids is 3. The molecule has 7 heteroatoms. The third kappa shape index (κ3) is 4.10. The van der Waals surface area contributed by atoms with Crippen LogP contribution >= 0.6 is 0 Å². The van der Waals surface area contributed by atoms with Crippen molar-refractivity contribution >= 4 is 17.7 Å². The molecule has 0 aromatic heterocycles. The minimum absolute atomic E-state index is 0.00815. The zero-order chi connectivity index (χ0) is 21.4. The van der Waals surface area contributed by atoms with Gasteiger partial charge in [0.05, 0.1) is 12.1 Å². The lowest BCUT2D eigenvalue weighted by atomic mass is 9.67. The van der Waals surface area contributed by atoms with E-state index in [1.54, 1.807) is 6.92 Å². The van der Waals surface area contributed by atoms with Crippen LogP contribution in [0.15, 0.2) is 0 Å². The highest BCUT2D eigenvalue weighted by molar-refractivity contribution is 5.82. The van der Waals surface area contributed by atoms with Gasteiger partial charge >= 0.3 is 0 Å².